The molecular formula is C16H24N2O3. The SMILES string of the molecule is COC(=O)CCN(CCC(C)C)C(=O)Nc1ccccc1. The first kappa shape index (κ1) is 17.0. The Bertz CT molecular complexity index is 446. The molecular weight excluding hydrogens is 268 g/mol. The predicted molar refractivity (Wildman–Crippen MR) is 83.1 cm³/mol. The van der Waals surface area contributed by atoms with Crippen LogP contribution in [0.25, 0.3) is 0 Å². The summed E-state index contributed by atoms with van der Waals surface area (Å²) in [4.78, 5) is 25.2. The van der Waals surface area contributed by atoms with E-state index in [0.717, 1.165) is 12.1 Å². The lowest BCUT2D eigenvalue weighted by Crippen LogP contribution is -2.37. The molecule has 0 aliphatic heterocycles. The van der Waals surface area contributed by atoms with E-state index in [1.165, 1.54) is 7.11 Å². The maximum atomic E-state index is 12.3. The van der Waals surface area contributed by atoms with Crippen molar-refractivity contribution < 1.29 is 14.3 Å². The standard InChI is InChI=1S/C16H24N2O3/c1-13(2)9-11-18(12-10-15(19)21-3)16(20)17-14-7-5-4-6-8-14/h4-8,13H,9-12H2,1-3H3,(H,17,20). The second-order valence-electron chi connectivity index (χ2n) is 5.29. The highest BCUT2D eigenvalue weighted by Gasteiger charge is 2.15. The molecule has 1 N–H and O–H groups in total. The van der Waals surface area contributed by atoms with Crippen LogP contribution in [0, 0.1) is 5.92 Å². The Morgan fingerprint density at radius 2 is 1.86 bits per heavy atom. The van der Waals surface area contributed by atoms with Gasteiger partial charge in [0.2, 0.25) is 0 Å². The monoisotopic (exact) mass is 292 g/mol. The number of anilines is 1. The van der Waals surface area contributed by atoms with Gasteiger partial charge >= 0.3 is 12.0 Å². The second kappa shape index (κ2) is 9.00. The molecule has 0 radical (unpaired) electrons. The molecule has 0 spiro atoms. The lowest BCUT2D eigenvalue weighted by Gasteiger charge is -2.23. The molecule has 0 fully saturated rings. The molecule has 0 atom stereocenters. The number of benzene rings is 1. The van der Waals surface area contributed by atoms with Crippen molar-refractivity contribution in [3.05, 3.63) is 30.3 Å². The van der Waals surface area contributed by atoms with E-state index in [1.807, 2.05) is 30.3 Å². The topological polar surface area (TPSA) is 58.6 Å². The molecule has 0 aliphatic carbocycles. The highest BCUT2D eigenvalue weighted by Crippen LogP contribution is 2.09. The van der Waals surface area contributed by atoms with E-state index in [0.29, 0.717) is 19.0 Å². The average Bonchev–Trinajstić information content (AvgIpc) is 2.47. The van der Waals surface area contributed by atoms with Crippen molar-refractivity contribution in [2.75, 3.05) is 25.5 Å². The highest BCUT2D eigenvalue weighted by molar-refractivity contribution is 5.89. The fourth-order valence-electron chi connectivity index (χ4n) is 1.78. The lowest BCUT2D eigenvalue weighted by molar-refractivity contribution is -0.140. The lowest BCUT2D eigenvalue weighted by atomic mass is 10.1. The Morgan fingerprint density at radius 3 is 2.43 bits per heavy atom. The maximum Gasteiger partial charge on any atom is 0.321 e. The van der Waals surface area contributed by atoms with Gasteiger partial charge in [-0.25, -0.2) is 4.79 Å². The molecule has 1 aromatic carbocycles. The number of carbonyl (C=O) groups excluding carboxylic acids is 2. The fraction of sp³-hybridized carbons (Fsp3) is 0.500. The van der Waals surface area contributed by atoms with Crippen LogP contribution in [0.4, 0.5) is 10.5 Å². The molecule has 1 rings (SSSR count). The second-order valence-corrected chi connectivity index (χ2v) is 5.29. The smallest absolute Gasteiger partial charge is 0.321 e. The largest absolute Gasteiger partial charge is 0.469 e. The van der Waals surface area contributed by atoms with Crippen molar-refractivity contribution >= 4 is 17.7 Å². The normalized spacial score (nSPS) is 10.3. The van der Waals surface area contributed by atoms with Crippen LogP contribution in [0.5, 0.6) is 0 Å². The van der Waals surface area contributed by atoms with Gasteiger partial charge in [0.15, 0.2) is 0 Å². The van der Waals surface area contributed by atoms with E-state index >= 15 is 0 Å². The number of esters is 1. The summed E-state index contributed by atoms with van der Waals surface area (Å²) in [6.45, 7) is 5.19. The van der Waals surface area contributed by atoms with Gasteiger partial charge in [-0.3, -0.25) is 4.79 Å². The van der Waals surface area contributed by atoms with Crippen LogP contribution < -0.4 is 5.32 Å². The Hall–Kier alpha value is -2.04. The Morgan fingerprint density at radius 1 is 1.19 bits per heavy atom. The van der Waals surface area contributed by atoms with Gasteiger partial charge in [0.05, 0.1) is 13.5 Å². The van der Waals surface area contributed by atoms with Crippen LogP contribution in [0.1, 0.15) is 26.7 Å². The minimum Gasteiger partial charge on any atom is -0.469 e. The van der Waals surface area contributed by atoms with E-state index in [9.17, 15) is 9.59 Å². The van der Waals surface area contributed by atoms with Gasteiger partial charge in [-0.2, -0.15) is 0 Å². The Kier molecular flexibility index (Phi) is 7.29. The first-order valence-corrected chi connectivity index (χ1v) is 7.20. The van der Waals surface area contributed by atoms with Crippen molar-refractivity contribution in [1.82, 2.24) is 4.90 Å². The number of hydrogen-bond acceptors (Lipinski definition) is 3. The first-order valence-electron chi connectivity index (χ1n) is 7.20. The summed E-state index contributed by atoms with van der Waals surface area (Å²) in [6.07, 6.45) is 1.10. The third-order valence-electron chi connectivity index (χ3n) is 3.10. The van der Waals surface area contributed by atoms with Crippen LogP contribution in [0.3, 0.4) is 0 Å². The van der Waals surface area contributed by atoms with Gasteiger partial charge in [-0.15, -0.1) is 0 Å². The molecule has 0 aliphatic rings. The molecule has 21 heavy (non-hydrogen) atoms. The summed E-state index contributed by atoms with van der Waals surface area (Å²) in [5, 5.41) is 2.84. The van der Waals surface area contributed by atoms with Crippen molar-refractivity contribution in [1.29, 1.82) is 0 Å². The quantitative estimate of drug-likeness (QED) is 0.785. The van der Waals surface area contributed by atoms with Gasteiger partial charge in [0.25, 0.3) is 0 Å². The molecule has 2 amide bonds. The molecule has 5 nitrogen and oxygen atoms in total. The highest BCUT2D eigenvalue weighted by atomic mass is 16.5. The maximum absolute atomic E-state index is 12.3. The van der Waals surface area contributed by atoms with E-state index in [-0.39, 0.29) is 18.4 Å². The van der Waals surface area contributed by atoms with Crippen LogP contribution in [0.2, 0.25) is 0 Å². The van der Waals surface area contributed by atoms with Gasteiger partial charge in [-0.05, 0) is 24.5 Å². The van der Waals surface area contributed by atoms with E-state index in [2.05, 4.69) is 23.9 Å². The molecule has 5 heteroatoms. The first-order chi connectivity index (χ1) is 10.0. The number of para-hydroxylation sites is 1. The van der Waals surface area contributed by atoms with Crippen molar-refractivity contribution in [3.8, 4) is 0 Å². The van der Waals surface area contributed by atoms with Crippen LogP contribution in [-0.2, 0) is 9.53 Å². The third-order valence-corrected chi connectivity index (χ3v) is 3.10. The third kappa shape index (κ3) is 6.79. The number of hydrogen-bond donors (Lipinski definition) is 1. The van der Waals surface area contributed by atoms with Gasteiger partial charge in [0.1, 0.15) is 0 Å². The number of ether oxygens (including phenoxy) is 1. The van der Waals surface area contributed by atoms with Gasteiger partial charge in [0, 0.05) is 18.8 Å². The van der Waals surface area contributed by atoms with Crippen LogP contribution in [-0.4, -0.2) is 37.1 Å². The summed E-state index contributed by atoms with van der Waals surface area (Å²) in [5.41, 5.74) is 0.745. The Labute approximate surface area is 126 Å². The predicted octanol–water partition coefficient (Wildman–Crippen LogP) is 3.13. The van der Waals surface area contributed by atoms with E-state index in [1.54, 1.807) is 4.90 Å². The number of amides is 2. The zero-order valence-electron chi connectivity index (χ0n) is 13.0. The summed E-state index contributed by atoms with van der Waals surface area (Å²) in [7, 11) is 1.35. The van der Waals surface area contributed by atoms with Gasteiger partial charge < -0.3 is 15.0 Å². The molecule has 116 valence electrons. The zero-order chi connectivity index (χ0) is 15.7. The summed E-state index contributed by atoms with van der Waals surface area (Å²) < 4.78 is 4.63. The minimum atomic E-state index is -0.308. The fourth-order valence-corrected chi connectivity index (χ4v) is 1.78. The zero-order valence-corrected chi connectivity index (χ0v) is 13.0. The number of nitrogens with one attached hydrogen (secondary N) is 1. The number of urea groups is 1. The number of methoxy groups -OCH3 is 1. The summed E-state index contributed by atoms with van der Waals surface area (Å²) in [6, 6.07) is 9.09. The molecule has 0 saturated heterocycles. The molecule has 0 heterocycles. The van der Waals surface area contributed by atoms with Crippen LogP contribution in [0.15, 0.2) is 30.3 Å². The van der Waals surface area contributed by atoms with Crippen molar-refractivity contribution in [2.24, 2.45) is 5.92 Å². The van der Waals surface area contributed by atoms with Crippen molar-refractivity contribution in [2.45, 2.75) is 26.7 Å². The summed E-state index contributed by atoms with van der Waals surface area (Å²) >= 11 is 0. The Balaban J connectivity index is 2.60. The van der Waals surface area contributed by atoms with E-state index in [4.69, 9.17) is 0 Å². The molecule has 0 aromatic heterocycles. The van der Waals surface area contributed by atoms with Crippen LogP contribution >= 0.6 is 0 Å². The molecule has 0 bridgehead atoms. The summed E-state index contributed by atoms with van der Waals surface area (Å²) in [5.74, 6) is 0.187. The number of nitrogens with zero attached hydrogens (tertiary/aromatic N) is 1. The number of rotatable bonds is 7. The van der Waals surface area contributed by atoms with Gasteiger partial charge in [-0.1, -0.05) is 32.0 Å². The minimum absolute atomic E-state index is 0.189. The molecule has 1 aromatic rings. The number of carbonyl (C=O) groups is 2. The van der Waals surface area contributed by atoms with Crippen molar-refractivity contribution in [3.63, 3.8) is 0 Å². The average molecular weight is 292 g/mol. The molecule has 0 saturated carbocycles. The molecule has 0 unspecified atom stereocenters. The van der Waals surface area contributed by atoms with E-state index < -0.39 is 0 Å².